The highest BCUT2D eigenvalue weighted by atomic mass is 16.5. The van der Waals surface area contributed by atoms with Gasteiger partial charge in [0.05, 0.1) is 13.2 Å². The molecule has 2 rings (SSSR count). The van der Waals surface area contributed by atoms with E-state index < -0.39 is 6.09 Å². The maximum Gasteiger partial charge on any atom is 0.407 e. The molecule has 0 saturated carbocycles. The van der Waals surface area contributed by atoms with Gasteiger partial charge in [-0.2, -0.15) is 0 Å². The number of carbonyl (C=O) groups is 1. The molecule has 1 aromatic rings. The third-order valence-electron chi connectivity index (χ3n) is 3.70. The summed E-state index contributed by atoms with van der Waals surface area (Å²) in [6.45, 7) is 1.85. The Morgan fingerprint density at radius 2 is 2.15 bits per heavy atom. The number of hydrogen-bond acceptors (Lipinski definition) is 4. The van der Waals surface area contributed by atoms with Gasteiger partial charge in [0.25, 0.3) is 0 Å². The molecule has 2 atom stereocenters. The lowest BCUT2D eigenvalue weighted by atomic mass is 9.91. The lowest BCUT2D eigenvalue weighted by molar-refractivity contribution is 0.161. The number of para-hydroxylation sites is 1. The number of amides is 1. The molecule has 2 N–H and O–H groups in total. The molecule has 0 radical (unpaired) electrons. The minimum Gasteiger partial charge on any atom is -0.453 e. The number of benzene rings is 1. The average Bonchev–Trinajstić information content (AvgIpc) is 2.48. The Morgan fingerprint density at radius 1 is 1.40 bits per heavy atom. The number of aliphatic hydroxyl groups excluding tert-OH is 1. The van der Waals surface area contributed by atoms with E-state index >= 15 is 0 Å². The van der Waals surface area contributed by atoms with Crippen LogP contribution in [0.2, 0.25) is 0 Å². The first-order chi connectivity index (χ1) is 9.72. The molecule has 2 unspecified atom stereocenters. The Bertz CT molecular complexity index is 424. The van der Waals surface area contributed by atoms with Crippen molar-refractivity contribution in [1.82, 2.24) is 5.32 Å². The van der Waals surface area contributed by atoms with E-state index in [0.29, 0.717) is 5.92 Å². The monoisotopic (exact) mass is 278 g/mol. The summed E-state index contributed by atoms with van der Waals surface area (Å²) < 4.78 is 4.67. The van der Waals surface area contributed by atoms with Crippen molar-refractivity contribution in [3.8, 4) is 0 Å². The number of nitrogens with zero attached hydrogens (tertiary/aromatic N) is 1. The number of carbonyl (C=O) groups excluding carboxylic acids is 1. The summed E-state index contributed by atoms with van der Waals surface area (Å²) in [5.41, 5.74) is 1.15. The van der Waals surface area contributed by atoms with E-state index in [2.05, 4.69) is 27.1 Å². The Labute approximate surface area is 119 Å². The Morgan fingerprint density at radius 3 is 2.80 bits per heavy atom. The summed E-state index contributed by atoms with van der Waals surface area (Å²) in [4.78, 5) is 13.6. The van der Waals surface area contributed by atoms with Crippen molar-refractivity contribution in [2.45, 2.75) is 18.9 Å². The van der Waals surface area contributed by atoms with Crippen molar-refractivity contribution in [3.63, 3.8) is 0 Å². The van der Waals surface area contributed by atoms with Gasteiger partial charge in [-0.15, -0.1) is 0 Å². The SMILES string of the molecule is COC(=O)NC1CC(CCO)CN(c2ccccc2)C1. The zero-order chi connectivity index (χ0) is 14.4. The minimum absolute atomic E-state index is 0.0490. The summed E-state index contributed by atoms with van der Waals surface area (Å²) in [5, 5.41) is 12.0. The van der Waals surface area contributed by atoms with Crippen LogP contribution in [-0.2, 0) is 4.74 Å². The summed E-state index contributed by atoms with van der Waals surface area (Å²) in [7, 11) is 1.37. The molecule has 1 aliphatic heterocycles. The van der Waals surface area contributed by atoms with Crippen molar-refractivity contribution >= 4 is 11.8 Å². The van der Waals surface area contributed by atoms with Crippen LogP contribution >= 0.6 is 0 Å². The zero-order valence-corrected chi connectivity index (χ0v) is 11.8. The van der Waals surface area contributed by atoms with E-state index in [1.165, 1.54) is 7.11 Å². The number of rotatable bonds is 4. The first-order valence-corrected chi connectivity index (χ1v) is 6.98. The van der Waals surface area contributed by atoms with Gasteiger partial charge in [0.15, 0.2) is 0 Å². The van der Waals surface area contributed by atoms with Crippen molar-refractivity contribution in [3.05, 3.63) is 30.3 Å². The third kappa shape index (κ3) is 3.87. The molecule has 0 spiro atoms. The molecule has 5 nitrogen and oxygen atoms in total. The second kappa shape index (κ2) is 7.14. The number of alkyl carbamates (subject to hydrolysis) is 1. The zero-order valence-electron chi connectivity index (χ0n) is 11.8. The van der Waals surface area contributed by atoms with Crippen molar-refractivity contribution in [1.29, 1.82) is 0 Å². The average molecular weight is 278 g/mol. The molecule has 110 valence electrons. The number of methoxy groups -OCH3 is 1. The molecule has 1 amide bonds. The number of hydrogen-bond donors (Lipinski definition) is 2. The molecule has 1 heterocycles. The quantitative estimate of drug-likeness (QED) is 0.878. The van der Waals surface area contributed by atoms with Crippen molar-refractivity contribution in [2.75, 3.05) is 31.7 Å². The van der Waals surface area contributed by atoms with Gasteiger partial charge in [0.2, 0.25) is 0 Å². The van der Waals surface area contributed by atoms with Crippen LogP contribution in [0.3, 0.4) is 0 Å². The molecule has 1 fully saturated rings. The third-order valence-corrected chi connectivity index (χ3v) is 3.70. The molecule has 0 bridgehead atoms. The van der Waals surface area contributed by atoms with Crippen LogP contribution in [0.1, 0.15) is 12.8 Å². The minimum atomic E-state index is -0.396. The van der Waals surface area contributed by atoms with Crippen molar-refractivity contribution in [2.24, 2.45) is 5.92 Å². The summed E-state index contributed by atoms with van der Waals surface area (Å²) in [6.07, 6.45) is 1.23. The smallest absolute Gasteiger partial charge is 0.407 e. The summed E-state index contributed by atoms with van der Waals surface area (Å²) in [6, 6.07) is 10.2. The molecule has 1 aromatic carbocycles. The number of aliphatic hydroxyl groups is 1. The first kappa shape index (κ1) is 14.7. The van der Waals surface area contributed by atoms with Gasteiger partial charge in [-0.1, -0.05) is 18.2 Å². The maximum absolute atomic E-state index is 11.4. The van der Waals surface area contributed by atoms with E-state index in [1.807, 2.05) is 18.2 Å². The van der Waals surface area contributed by atoms with E-state index in [0.717, 1.165) is 31.6 Å². The Kier molecular flexibility index (Phi) is 5.24. The predicted octanol–water partition coefficient (Wildman–Crippen LogP) is 1.62. The summed E-state index contributed by atoms with van der Waals surface area (Å²) in [5.74, 6) is 0.371. The first-order valence-electron chi connectivity index (χ1n) is 6.98. The van der Waals surface area contributed by atoms with Gasteiger partial charge in [-0.3, -0.25) is 0 Å². The number of piperidine rings is 1. The van der Waals surface area contributed by atoms with Crippen molar-refractivity contribution < 1.29 is 14.6 Å². The number of anilines is 1. The highest BCUT2D eigenvalue weighted by Crippen LogP contribution is 2.25. The molecule has 0 aromatic heterocycles. The van der Waals surface area contributed by atoms with Crippen LogP contribution in [0, 0.1) is 5.92 Å². The highest BCUT2D eigenvalue weighted by Gasteiger charge is 2.28. The molecule has 1 aliphatic rings. The van der Waals surface area contributed by atoms with Gasteiger partial charge >= 0.3 is 6.09 Å². The van der Waals surface area contributed by atoms with Crippen LogP contribution in [0.5, 0.6) is 0 Å². The Hall–Kier alpha value is -1.75. The standard InChI is InChI=1S/C15H22N2O3/c1-20-15(19)16-13-9-12(7-8-18)10-17(11-13)14-5-3-2-4-6-14/h2-6,12-13,18H,7-11H2,1H3,(H,16,19). The maximum atomic E-state index is 11.4. The van der Waals surface area contributed by atoms with E-state index in [9.17, 15) is 4.79 Å². The lowest BCUT2D eigenvalue weighted by Crippen LogP contribution is -2.51. The fraction of sp³-hybridized carbons (Fsp3) is 0.533. The molecular formula is C15H22N2O3. The number of nitrogens with one attached hydrogen (secondary N) is 1. The fourth-order valence-corrected chi connectivity index (χ4v) is 2.78. The highest BCUT2D eigenvalue weighted by molar-refractivity contribution is 5.67. The number of ether oxygens (including phenoxy) is 1. The van der Waals surface area contributed by atoms with Gasteiger partial charge in [-0.25, -0.2) is 4.79 Å². The lowest BCUT2D eigenvalue weighted by Gasteiger charge is -2.39. The van der Waals surface area contributed by atoms with Crippen LogP contribution in [-0.4, -0.2) is 44.0 Å². The predicted molar refractivity (Wildman–Crippen MR) is 77.8 cm³/mol. The van der Waals surface area contributed by atoms with Crippen LogP contribution in [0.4, 0.5) is 10.5 Å². The van der Waals surface area contributed by atoms with Crippen LogP contribution in [0.15, 0.2) is 30.3 Å². The van der Waals surface area contributed by atoms with Gasteiger partial charge < -0.3 is 20.1 Å². The molecule has 1 saturated heterocycles. The molecule has 0 aliphatic carbocycles. The normalized spacial score (nSPS) is 22.4. The van der Waals surface area contributed by atoms with Gasteiger partial charge in [0, 0.05) is 25.4 Å². The van der Waals surface area contributed by atoms with Gasteiger partial charge in [0.1, 0.15) is 0 Å². The fourth-order valence-electron chi connectivity index (χ4n) is 2.78. The van der Waals surface area contributed by atoms with Gasteiger partial charge in [-0.05, 0) is 30.9 Å². The van der Waals surface area contributed by atoms with E-state index in [1.54, 1.807) is 0 Å². The van der Waals surface area contributed by atoms with E-state index in [-0.39, 0.29) is 12.6 Å². The van der Waals surface area contributed by atoms with E-state index in [4.69, 9.17) is 5.11 Å². The molecule has 20 heavy (non-hydrogen) atoms. The summed E-state index contributed by atoms with van der Waals surface area (Å²) >= 11 is 0. The molecular weight excluding hydrogens is 256 g/mol. The second-order valence-electron chi connectivity index (χ2n) is 5.19. The topological polar surface area (TPSA) is 61.8 Å². The second-order valence-corrected chi connectivity index (χ2v) is 5.19. The van der Waals surface area contributed by atoms with Crippen LogP contribution in [0.25, 0.3) is 0 Å². The Balaban J connectivity index is 2.06. The van der Waals surface area contributed by atoms with Crippen LogP contribution < -0.4 is 10.2 Å². The largest absolute Gasteiger partial charge is 0.453 e. The molecule has 5 heteroatoms.